The highest BCUT2D eigenvalue weighted by Crippen LogP contribution is 2.31. The van der Waals surface area contributed by atoms with Gasteiger partial charge in [0.2, 0.25) is 11.8 Å². The van der Waals surface area contributed by atoms with Crippen molar-refractivity contribution in [3.8, 4) is 0 Å². The summed E-state index contributed by atoms with van der Waals surface area (Å²) in [5.41, 5.74) is 3.32. The van der Waals surface area contributed by atoms with Crippen LogP contribution in [0, 0.1) is 18.8 Å². The molecule has 2 heterocycles. The fourth-order valence-electron chi connectivity index (χ4n) is 4.60. The van der Waals surface area contributed by atoms with Crippen LogP contribution < -0.4 is 4.90 Å². The minimum absolute atomic E-state index is 0.0189. The molecule has 2 aliphatic rings. The largest absolute Gasteiger partial charge is 0.342 e. The Morgan fingerprint density at radius 1 is 1.03 bits per heavy atom. The second-order valence-electron chi connectivity index (χ2n) is 8.22. The molecule has 0 aromatic heterocycles. The number of benzene rings is 2. The lowest BCUT2D eigenvalue weighted by Crippen LogP contribution is -2.44. The first-order chi connectivity index (χ1) is 14.0. The van der Waals surface area contributed by atoms with Gasteiger partial charge in [0, 0.05) is 29.8 Å². The van der Waals surface area contributed by atoms with Gasteiger partial charge in [0.25, 0.3) is 0 Å². The van der Waals surface area contributed by atoms with Crippen LogP contribution in [0.3, 0.4) is 0 Å². The highest BCUT2D eigenvalue weighted by molar-refractivity contribution is 9.10. The minimum Gasteiger partial charge on any atom is -0.342 e. The highest BCUT2D eigenvalue weighted by atomic mass is 79.9. The molecule has 4 nitrogen and oxygen atoms in total. The van der Waals surface area contributed by atoms with Crippen LogP contribution in [0.15, 0.2) is 53.0 Å². The van der Waals surface area contributed by atoms with Gasteiger partial charge in [-0.25, -0.2) is 0 Å². The van der Waals surface area contributed by atoms with E-state index in [0.717, 1.165) is 48.1 Å². The SMILES string of the molecule is Cc1cc(Br)ccc1N1CCC(C(=O)N2CCC(Cc3ccccc3)CC2)C1=O. The molecule has 29 heavy (non-hydrogen) atoms. The van der Waals surface area contributed by atoms with Crippen molar-refractivity contribution in [2.24, 2.45) is 11.8 Å². The Kier molecular flexibility index (Phi) is 6.04. The van der Waals surface area contributed by atoms with Crippen LogP contribution in [0.25, 0.3) is 0 Å². The maximum absolute atomic E-state index is 13.1. The smallest absolute Gasteiger partial charge is 0.239 e. The van der Waals surface area contributed by atoms with Crippen LogP contribution in [0.4, 0.5) is 5.69 Å². The highest BCUT2D eigenvalue weighted by Gasteiger charge is 2.40. The summed E-state index contributed by atoms with van der Waals surface area (Å²) in [6, 6.07) is 16.5. The van der Waals surface area contributed by atoms with E-state index in [1.54, 1.807) is 4.90 Å². The molecule has 2 aliphatic heterocycles. The number of hydrogen-bond donors (Lipinski definition) is 0. The Labute approximate surface area is 181 Å². The molecular weight excluding hydrogens is 428 g/mol. The third-order valence-corrected chi connectivity index (χ3v) is 6.74. The van der Waals surface area contributed by atoms with Crippen LogP contribution in [-0.4, -0.2) is 36.3 Å². The Balaban J connectivity index is 1.35. The van der Waals surface area contributed by atoms with Crippen molar-refractivity contribution in [2.45, 2.75) is 32.6 Å². The average molecular weight is 455 g/mol. The molecule has 2 fully saturated rings. The number of halogens is 1. The van der Waals surface area contributed by atoms with Gasteiger partial charge in [-0.3, -0.25) is 9.59 Å². The molecule has 0 N–H and O–H groups in total. The topological polar surface area (TPSA) is 40.6 Å². The number of nitrogens with zero attached hydrogens (tertiary/aromatic N) is 2. The maximum atomic E-state index is 13.1. The number of carbonyl (C=O) groups excluding carboxylic acids is 2. The van der Waals surface area contributed by atoms with Crippen molar-refractivity contribution < 1.29 is 9.59 Å². The lowest BCUT2D eigenvalue weighted by Gasteiger charge is -2.33. The van der Waals surface area contributed by atoms with Gasteiger partial charge in [-0.2, -0.15) is 0 Å². The van der Waals surface area contributed by atoms with E-state index in [2.05, 4.69) is 40.2 Å². The zero-order valence-corrected chi connectivity index (χ0v) is 18.4. The maximum Gasteiger partial charge on any atom is 0.239 e. The van der Waals surface area contributed by atoms with Crippen molar-refractivity contribution in [1.29, 1.82) is 0 Å². The number of anilines is 1. The molecule has 1 atom stereocenters. The lowest BCUT2D eigenvalue weighted by molar-refractivity contribution is -0.141. The Hall–Kier alpha value is -2.14. The van der Waals surface area contributed by atoms with Crippen molar-refractivity contribution in [2.75, 3.05) is 24.5 Å². The van der Waals surface area contributed by atoms with Gasteiger partial charge in [-0.1, -0.05) is 46.3 Å². The van der Waals surface area contributed by atoms with Crippen LogP contribution in [-0.2, 0) is 16.0 Å². The van der Waals surface area contributed by atoms with Crippen molar-refractivity contribution >= 4 is 33.4 Å². The first-order valence-corrected chi connectivity index (χ1v) is 11.2. The third-order valence-electron chi connectivity index (χ3n) is 6.25. The van der Waals surface area contributed by atoms with Crippen LogP contribution in [0.1, 0.15) is 30.4 Å². The molecule has 0 spiro atoms. The molecule has 4 rings (SSSR count). The summed E-state index contributed by atoms with van der Waals surface area (Å²) in [6.45, 7) is 4.14. The fourth-order valence-corrected chi connectivity index (χ4v) is 5.07. The van der Waals surface area contributed by atoms with Gasteiger partial charge in [-0.05, 0) is 67.9 Å². The van der Waals surface area contributed by atoms with Gasteiger partial charge in [0.05, 0.1) is 0 Å². The first kappa shape index (κ1) is 20.1. The summed E-state index contributed by atoms with van der Waals surface area (Å²) in [7, 11) is 0. The van der Waals surface area contributed by atoms with Crippen molar-refractivity contribution in [3.63, 3.8) is 0 Å². The molecule has 5 heteroatoms. The number of aryl methyl sites for hydroxylation is 1. The van der Waals surface area contributed by atoms with Gasteiger partial charge in [0.15, 0.2) is 0 Å². The van der Waals surface area contributed by atoms with Crippen LogP contribution >= 0.6 is 15.9 Å². The molecule has 2 aromatic rings. The lowest BCUT2D eigenvalue weighted by atomic mass is 9.89. The number of hydrogen-bond acceptors (Lipinski definition) is 2. The van der Waals surface area contributed by atoms with E-state index in [9.17, 15) is 9.59 Å². The predicted molar refractivity (Wildman–Crippen MR) is 119 cm³/mol. The third kappa shape index (κ3) is 4.40. The summed E-state index contributed by atoms with van der Waals surface area (Å²) < 4.78 is 0.997. The number of amides is 2. The fraction of sp³-hybridized carbons (Fsp3) is 0.417. The summed E-state index contributed by atoms with van der Waals surface area (Å²) in [6.07, 6.45) is 3.70. The van der Waals surface area contributed by atoms with Gasteiger partial charge in [-0.15, -0.1) is 0 Å². The average Bonchev–Trinajstić information content (AvgIpc) is 3.10. The molecule has 0 aliphatic carbocycles. The van der Waals surface area contributed by atoms with Gasteiger partial charge < -0.3 is 9.80 Å². The van der Waals surface area contributed by atoms with E-state index in [0.29, 0.717) is 18.9 Å². The Morgan fingerprint density at radius 2 is 1.76 bits per heavy atom. The molecule has 0 radical (unpaired) electrons. The minimum atomic E-state index is -0.524. The van der Waals surface area contributed by atoms with Crippen LogP contribution in [0.2, 0.25) is 0 Å². The predicted octanol–water partition coefficient (Wildman–Crippen LogP) is 4.59. The second-order valence-corrected chi connectivity index (χ2v) is 9.14. The monoisotopic (exact) mass is 454 g/mol. The molecule has 0 saturated carbocycles. The number of likely N-dealkylation sites (tertiary alicyclic amines) is 1. The Bertz CT molecular complexity index is 891. The molecule has 2 aromatic carbocycles. The number of rotatable bonds is 4. The summed E-state index contributed by atoms with van der Waals surface area (Å²) in [4.78, 5) is 29.8. The number of piperidine rings is 1. The van der Waals surface area contributed by atoms with Crippen molar-refractivity contribution in [3.05, 3.63) is 64.1 Å². The van der Waals surface area contributed by atoms with E-state index >= 15 is 0 Å². The zero-order valence-electron chi connectivity index (χ0n) is 16.8. The van der Waals surface area contributed by atoms with Gasteiger partial charge in [0.1, 0.15) is 5.92 Å². The second kappa shape index (κ2) is 8.70. The molecule has 1 unspecified atom stereocenters. The van der Waals surface area contributed by atoms with Crippen LogP contribution in [0.5, 0.6) is 0 Å². The van der Waals surface area contributed by atoms with E-state index < -0.39 is 5.92 Å². The molecule has 2 saturated heterocycles. The van der Waals surface area contributed by atoms with E-state index in [4.69, 9.17) is 0 Å². The molecule has 152 valence electrons. The Morgan fingerprint density at radius 3 is 2.45 bits per heavy atom. The molecule has 2 amide bonds. The van der Waals surface area contributed by atoms with E-state index in [1.165, 1.54) is 5.56 Å². The first-order valence-electron chi connectivity index (χ1n) is 10.4. The molecule has 0 bridgehead atoms. The van der Waals surface area contributed by atoms with E-state index in [-0.39, 0.29) is 11.8 Å². The number of carbonyl (C=O) groups is 2. The summed E-state index contributed by atoms with van der Waals surface area (Å²) in [5.74, 6) is 0.0589. The van der Waals surface area contributed by atoms with Crippen molar-refractivity contribution in [1.82, 2.24) is 4.90 Å². The standard InChI is InChI=1S/C24H27BrN2O2/c1-17-15-20(25)7-8-22(17)27-14-11-21(24(27)29)23(28)26-12-9-19(10-13-26)16-18-5-3-2-4-6-18/h2-8,15,19,21H,9-14,16H2,1H3. The quantitative estimate of drug-likeness (QED) is 0.633. The summed E-state index contributed by atoms with van der Waals surface area (Å²) in [5, 5.41) is 0. The normalized spacial score (nSPS) is 20.3. The van der Waals surface area contributed by atoms with E-state index in [1.807, 2.05) is 36.1 Å². The van der Waals surface area contributed by atoms with Gasteiger partial charge >= 0.3 is 0 Å². The summed E-state index contributed by atoms with van der Waals surface area (Å²) >= 11 is 3.47. The zero-order chi connectivity index (χ0) is 20.4. The molecular formula is C24H27BrN2O2.